The van der Waals surface area contributed by atoms with Crippen molar-refractivity contribution in [3.63, 3.8) is 0 Å². The molecule has 0 saturated carbocycles. The van der Waals surface area contributed by atoms with E-state index in [0.29, 0.717) is 0 Å². The normalized spacial score (nSPS) is 24.3. The minimum absolute atomic E-state index is 0.0580. The van der Waals surface area contributed by atoms with Gasteiger partial charge in [0.25, 0.3) is 0 Å². The van der Waals surface area contributed by atoms with Gasteiger partial charge in [-0.1, -0.05) is 0 Å². The first kappa shape index (κ1) is 24.6. The van der Waals surface area contributed by atoms with Gasteiger partial charge < -0.3 is 54.0 Å². The fourth-order valence-corrected chi connectivity index (χ4v) is 3.82. The number of rotatable bonds is 6. The van der Waals surface area contributed by atoms with Gasteiger partial charge >= 0.3 is 0 Å². The highest BCUT2D eigenvalue weighted by atomic mass is 16.7. The van der Waals surface area contributed by atoms with E-state index in [4.69, 9.17) is 23.4 Å². The molecule has 12 nitrogen and oxygen atoms in total. The van der Waals surface area contributed by atoms with Crippen molar-refractivity contribution >= 4 is 11.0 Å². The average Bonchev–Trinajstić information content (AvgIpc) is 2.85. The molecule has 188 valence electrons. The maximum Gasteiger partial charge on any atom is 0.239 e. The van der Waals surface area contributed by atoms with Crippen LogP contribution in [0.4, 0.5) is 0 Å². The van der Waals surface area contributed by atoms with Crippen molar-refractivity contribution in [2.45, 2.75) is 30.7 Å². The van der Waals surface area contributed by atoms with Gasteiger partial charge in [0.15, 0.2) is 17.3 Å². The van der Waals surface area contributed by atoms with Gasteiger partial charge in [0, 0.05) is 11.6 Å². The van der Waals surface area contributed by atoms with Crippen LogP contribution in [-0.4, -0.2) is 82.2 Å². The first-order valence-electron chi connectivity index (χ1n) is 10.4. The van der Waals surface area contributed by atoms with Gasteiger partial charge in [-0.3, -0.25) is 4.79 Å². The molecule has 0 aliphatic carbocycles. The molecule has 2 aromatic carbocycles. The van der Waals surface area contributed by atoms with E-state index in [0.717, 1.165) is 0 Å². The first-order valence-corrected chi connectivity index (χ1v) is 10.4. The fourth-order valence-electron chi connectivity index (χ4n) is 3.82. The van der Waals surface area contributed by atoms with Crippen molar-refractivity contribution < 1.29 is 54.0 Å². The summed E-state index contributed by atoms with van der Waals surface area (Å²) in [5, 5.41) is 60.0. The molecule has 6 N–H and O–H groups in total. The lowest BCUT2D eigenvalue weighted by Crippen LogP contribution is -2.60. The molecule has 3 aromatic rings. The van der Waals surface area contributed by atoms with Crippen LogP contribution in [0, 0.1) is 0 Å². The van der Waals surface area contributed by atoms with E-state index in [1.54, 1.807) is 0 Å². The molecule has 1 saturated heterocycles. The van der Waals surface area contributed by atoms with Crippen molar-refractivity contribution in [3.8, 4) is 40.1 Å². The lowest BCUT2D eigenvalue weighted by Gasteiger charge is -2.39. The third kappa shape index (κ3) is 4.22. The molecule has 2 heterocycles. The number of aliphatic hydroxyl groups is 4. The second-order valence-corrected chi connectivity index (χ2v) is 7.79. The number of aromatic hydroxyl groups is 2. The lowest BCUT2D eigenvalue weighted by molar-refractivity contribution is -0.277. The number of fused-ring (bicyclic) bond motifs is 1. The predicted molar refractivity (Wildman–Crippen MR) is 119 cm³/mol. The van der Waals surface area contributed by atoms with Crippen LogP contribution in [0.15, 0.2) is 39.5 Å². The summed E-state index contributed by atoms with van der Waals surface area (Å²) in [6.07, 6.45) is -8.20. The van der Waals surface area contributed by atoms with Crippen LogP contribution in [0.3, 0.4) is 0 Å². The molecule has 0 unspecified atom stereocenters. The Balaban J connectivity index is 1.94. The van der Waals surface area contributed by atoms with E-state index in [1.165, 1.54) is 44.6 Å². The monoisotopic (exact) mass is 492 g/mol. The fraction of sp³-hybridized carbons (Fsp3) is 0.348. The van der Waals surface area contributed by atoms with E-state index in [1.807, 2.05) is 0 Å². The number of aliphatic hydroxyl groups excluding tert-OH is 4. The Kier molecular flexibility index (Phi) is 6.74. The summed E-state index contributed by atoms with van der Waals surface area (Å²) in [7, 11) is 2.60. The summed E-state index contributed by atoms with van der Waals surface area (Å²) in [6.45, 7) is -0.709. The number of phenolic OH excluding ortho intramolecular Hbond substituents is 2. The van der Waals surface area contributed by atoms with Crippen LogP contribution in [-0.2, 0) is 4.74 Å². The SMILES string of the molecule is COc1cc2oc(-c3ccc(O)cc3)c(O[C@@H]3O[C@H](CO)[C@H](O)[C@H](O)[C@H]3O)c(=O)c2c(O)c1OC. The Morgan fingerprint density at radius 2 is 1.63 bits per heavy atom. The summed E-state index contributed by atoms with van der Waals surface area (Å²) in [4.78, 5) is 13.6. The number of ether oxygens (including phenoxy) is 4. The highest BCUT2D eigenvalue weighted by Gasteiger charge is 2.45. The molecule has 0 bridgehead atoms. The molecule has 4 rings (SSSR count). The van der Waals surface area contributed by atoms with Gasteiger partial charge in [-0.15, -0.1) is 0 Å². The summed E-state index contributed by atoms with van der Waals surface area (Å²) < 4.78 is 27.3. The van der Waals surface area contributed by atoms with Crippen LogP contribution in [0.5, 0.6) is 28.7 Å². The molecule has 1 fully saturated rings. The summed E-state index contributed by atoms with van der Waals surface area (Å²) in [6, 6.07) is 6.86. The van der Waals surface area contributed by atoms with Gasteiger partial charge in [0.2, 0.25) is 23.2 Å². The standard InChI is InChI=1S/C23H24O12/c1-31-12-7-11-14(16(27)21(12)32-2)17(28)22(20(33-11)9-3-5-10(25)6-4-9)35-23-19(30)18(29)15(26)13(8-24)34-23/h3-7,13,15,18-19,23-27,29-30H,8H2,1-2H3/t13-,15+,18+,19-,23+/m1/s1. The second kappa shape index (κ2) is 9.60. The zero-order valence-electron chi connectivity index (χ0n) is 18.6. The summed E-state index contributed by atoms with van der Waals surface area (Å²) >= 11 is 0. The number of methoxy groups -OCH3 is 2. The smallest absolute Gasteiger partial charge is 0.239 e. The zero-order valence-corrected chi connectivity index (χ0v) is 18.6. The zero-order chi connectivity index (χ0) is 25.4. The van der Waals surface area contributed by atoms with E-state index in [9.17, 15) is 35.4 Å². The van der Waals surface area contributed by atoms with Crippen LogP contribution in [0.1, 0.15) is 0 Å². The van der Waals surface area contributed by atoms with E-state index < -0.39 is 54.2 Å². The molecule has 35 heavy (non-hydrogen) atoms. The van der Waals surface area contributed by atoms with Crippen LogP contribution in [0.25, 0.3) is 22.3 Å². The molecule has 0 radical (unpaired) electrons. The van der Waals surface area contributed by atoms with Gasteiger partial charge in [0.05, 0.1) is 20.8 Å². The Bertz CT molecular complexity index is 1270. The summed E-state index contributed by atoms with van der Waals surface area (Å²) in [5.74, 6) is -1.38. The average molecular weight is 492 g/mol. The highest BCUT2D eigenvalue weighted by molar-refractivity contribution is 5.91. The Morgan fingerprint density at radius 1 is 0.943 bits per heavy atom. The molecule has 0 amide bonds. The number of benzene rings is 2. The van der Waals surface area contributed by atoms with Crippen molar-refractivity contribution in [1.82, 2.24) is 0 Å². The Hall–Kier alpha value is -3.55. The van der Waals surface area contributed by atoms with Crippen molar-refractivity contribution in [2.75, 3.05) is 20.8 Å². The first-order chi connectivity index (χ1) is 16.7. The van der Waals surface area contributed by atoms with Crippen LogP contribution < -0.4 is 19.6 Å². The molecular weight excluding hydrogens is 468 g/mol. The highest BCUT2D eigenvalue weighted by Crippen LogP contribution is 2.44. The van der Waals surface area contributed by atoms with Gasteiger partial charge in [0.1, 0.15) is 41.1 Å². The number of hydrogen-bond donors (Lipinski definition) is 6. The molecule has 1 aromatic heterocycles. The lowest BCUT2D eigenvalue weighted by atomic mass is 9.99. The topological polar surface area (TPSA) is 189 Å². The van der Waals surface area contributed by atoms with E-state index in [2.05, 4.69) is 0 Å². The van der Waals surface area contributed by atoms with Gasteiger partial charge in [-0.05, 0) is 24.3 Å². The van der Waals surface area contributed by atoms with Crippen LogP contribution >= 0.6 is 0 Å². The molecule has 12 heteroatoms. The molecule has 1 aliphatic heterocycles. The maximum atomic E-state index is 13.6. The largest absolute Gasteiger partial charge is 0.508 e. The van der Waals surface area contributed by atoms with Crippen molar-refractivity contribution in [1.29, 1.82) is 0 Å². The predicted octanol–water partition coefficient (Wildman–Crippen LogP) is 0.0671. The number of phenols is 2. The van der Waals surface area contributed by atoms with Crippen molar-refractivity contribution in [2.24, 2.45) is 0 Å². The van der Waals surface area contributed by atoms with Gasteiger partial charge in [-0.2, -0.15) is 0 Å². The third-order valence-electron chi connectivity index (χ3n) is 5.67. The molecule has 0 spiro atoms. The second-order valence-electron chi connectivity index (χ2n) is 7.79. The van der Waals surface area contributed by atoms with E-state index in [-0.39, 0.29) is 39.5 Å². The van der Waals surface area contributed by atoms with E-state index >= 15 is 0 Å². The molecular formula is C23H24O12. The van der Waals surface area contributed by atoms with Crippen LogP contribution in [0.2, 0.25) is 0 Å². The minimum Gasteiger partial charge on any atom is -0.508 e. The number of hydrogen-bond acceptors (Lipinski definition) is 12. The maximum absolute atomic E-state index is 13.6. The molecule has 1 aliphatic rings. The molecule has 5 atom stereocenters. The third-order valence-corrected chi connectivity index (χ3v) is 5.67. The Morgan fingerprint density at radius 3 is 2.23 bits per heavy atom. The Labute approximate surface area is 197 Å². The summed E-state index contributed by atoms with van der Waals surface area (Å²) in [5.41, 5.74) is -0.699. The quantitative estimate of drug-likeness (QED) is 0.272. The van der Waals surface area contributed by atoms with Crippen molar-refractivity contribution in [3.05, 3.63) is 40.6 Å². The minimum atomic E-state index is -1.81. The van der Waals surface area contributed by atoms with Gasteiger partial charge in [-0.25, -0.2) is 0 Å².